The van der Waals surface area contributed by atoms with E-state index in [4.69, 9.17) is 16.2 Å². The standard InChI is InChI=1S/C14H21N3O3/c1-14(2,16)13(19)17-11(12(15)18)9-20-8-10-6-4-3-5-7-10/h3-7,11H,8-9,16H2,1-2H3,(H2,15,18)(H,17,19)/t11-/m1/s1. The van der Waals surface area contributed by atoms with Crippen LogP contribution in [0.4, 0.5) is 0 Å². The molecule has 0 saturated carbocycles. The minimum absolute atomic E-state index is 0.00600. The topological polar surface area (TPSA) is 107 Å². The van der Waals surface area contributed by atoms with Crippen LogP contribution in [0.15, 0.2) is 30.3 Å². The molecule has 5 N–H and O–H groups in total. The molecule has 0 aromatic heterocycles. The molecule has 0 fully saturated rings. The van der Waals surface area contributed by atoms with Gasteiger partial charge in [0, 0.05) is 0 Å². The van der Waals surface area contributed by atoms with E-state index in [9.17, 15) is 9.59 Å². The Bertz CT molecular complexity index is 454. The molecule has 110 valence electrons. The van der Waals surface area contributed by atoms with Gasteiger partial charge in [-0.05, 0) is 19.4 Å². The molecule has 1 rings (SSSR count). The summed E-state index contributed by atoms with van der Waals surface area (Å²) in [4.78, 5) is 23.0. The van der Waals surface area contributed by atoms with Gasteiger partial charge < -0.3 is 21.5 Å². The van der Waals surface area contributed by atoms with Crippen LogP contribution in [0, 0.1) is 0 Å². The van der Waals surface area contributed by atoms with Crippen molar-refractivity contribution < 1.29 is 14.3 Å². The Hall–Kier alpha value is -1.92. The number of carbonyl (C=O) groups excluding carboxylic acids is 2. The lowest BCUT2D eigenvalue weighted by Gasteiger charge is -2.22. The molecule has 20 heavy (non-hydrogen) atoms. The van der Waals surface area contributed by atoms with Gasteiger partial charge in [0.2, 0.25) is 11.8 Å². The van der Waals surface area contributed by atoms with Gasteiger partial charge in [0.05, 0.1) is 18.8 Å². The minimum Gasteiger partial charge on any atom is -0.374 e. The van der Waals surface area contributed by atoms with Gasteiger partial charge in [0.15, 0.2) is 0 Å². The fraction of sp³-hybridized carbons (Fsp3) is 0.429. The van der Waals surface area contributed by atoms with Crippen molar-refractivity contribution in [1.82, 2.24) is 5.32 Å². The van der Waals surface area contributed by atoms with Crippen molar-refractivity contribution in [3.63, 3.8) is 0 Å². The molecule has 1 atom stereocenters. The van der Waals surface area contributed by atoms with Crippen LogP contribution in [-0.2, 0) is 20.9 Å². The molecule has 0 aliphatic carbocycles. The van der Waals surface area contributed by atoms with Crippen LogP contribution in [0.5, 0.6) is 0 Å². The zero-order valence-corrected chi connectivity index (χ0v) is 11.8. The third-order valence-corrected chi connectivity index (χ3v) is 2.63. The molecule has 6 nitrogen and oxygen atoms in total. The van der Waals surface area contributed by atoms with Gasteiger partial charge >= 0.3 is 0 Å². The van der Waals surface area contributed by atoms with Crippen molar-refractivity contribution in [3.05, 3.63) is 35.9 Å². The van der Waals surface area contributed by atoms with Crippen LogP contribution in [-0.4, -0.2) is 30.0 Å². The lowest BCUT2D eigenvalue weighted by molar-refractivity contribution is -0.131. The lowest BCUT2D eigenvalue weighted by Crippen LogP contribution is -2.56. The maximum Gasteiger partial charge on any atom is 0.242 e. The number of ether oxygens (including phenoxy) is 1. The van der Waals surface area contributed by atoms with Gasteiger partial charge in [-0.25, -0.2) is 0 Å². The average Bonchev–Trinajstić information content (AvgIpc) is 2.37. The van der Waals surface area contributed by atoms with Crippen molar-refractivity contribution in [2.75, 3.05) is 6.61 Å². The van der Waals surface area contributed by atoms with Crippen LogP contribution in [0.2, 0.25) is 0 Å². The second-order valence-electron chi connectivity index (χ2n) is 5.15. The highest BCUT2D eigenvalue weighted by molar-refractivity contribution is 5.90. The highest BCUT2D eigenvalue weighted by atomic mass is 16.5. The molecule has 0 bridgehead atoms. The van der Waals surface area contributed by atoms with Crippen LogP contribution in [0.25, 0.3) is 0 Å². The third kappa shape index (κ3) is 5.38. The Balaban J connectivity index is 2.48. The zero-order chi connectivity index (χ0) is 15.2. The Morgan fingerprint density at radius 1 is 1.30 bits per heavy atom. The molecule has 0 radical (unpaired) electrons. The Morgan fingerprint density at radius 3 is 2.40 bits per heavy atom. The van der Waals surface area contributed by atoms with E-state index >= 15 is 0 Å². The summed E-state index contributed by atoms with van der Waals surface area (Å²) in [7, 11) is 0. The lowest BCUT2D eigenvalue weighted by atomic mass is 10.1. The summed E-state index contributed by atoms with van der Waals surface area (Å²) in [5.74, 6) is -1.11. The fourth-order valence-corrected chi connectivity index (χ4v) is 1.41. The molecule has 0 saturated heterocycles. The van der Waals surface area contributed by atoms with Crippen molar-refractivity contribution >= 4 is 11.8 Å². The predicted octanol–water partition coefficient (Wildman–Crippen LogP) is -0.0894. The number of nitrogens with one attached hydrogen (secondary N) is 1. The number of primary amides is 1. The third-order valence-electron chi connectivity index (χ3n) is 2.63. The molecule has 2 amide bonds. The second kappa shape index (κ2) is 7.02. The normalized spacial score (nSPS) is 12.8. The Kier molecular flexibility index (Phi) is 5.66. The highest BCUT2D eigenvalue weighted by Crippen LogP contribution is 2.02. The zero-order valence-electron chi connectivity index (χ0n) is 11.8. The summed E-state index contributed by atoms with van der Waals surface area (Å²) in [6.45, 7) is 3.44. The number of nitrogens with two attached hydrogens (primary N) is 2. The molecule has 6 heteroatoms. The molecule has 1 aromatic carbocycles. The van der Waals surface area contributed by atoms with Gasteiger partial charge in [-0.1, -0.05) is 30.3 Å². The first kappa shape index (κ1) is 16.1. The number of benzene rings is 1. The van der Waals surface area contributed by atoms with E-state index < -0.39 is 23.4 Å². The molecule has 1 aromatic rings. The smallest absolute Gasteiger partial charge is 0.242 e. The van der Waals surface area contributed by atoms with Gasteiger partial charge in [0.25, 0.3) is 0 Å². The van der Waals surface area contributed by atoms with E-state index in [2.05, 4.69) is 5.32 Å². The maximum atomic E-state index is 11.7. The summed E-state index contributed by atoms with van der Waals surface area (Å²) < 4.78 is 5.40. The van der Waals surface area contributed by atoms with Crippen molar-refractivity contribution in [2.45, 2.75) is 32.0 Å². The molecule has 0 heterocycles. The van der Waals surface area contributed by atoms with Gasteiger partial charge in [-0.3, -0.25) is 9.59 Å². The van der Waals surface area contributed by atoms with Gasteiger partial charge in [-0.2, -0.15) is 0 Å². The molecular weight excluding hydrogens is 258 g/mol. The Labute approximate surface area is 118 Å². The number of hydrogen-bond acceptors (Lipinski definition) is 4. The van der Waals surface area contributed by atoms with E-state index in [1.165, 1.54) is 0 Å². The highest BCUT2D eigenvalue weighted by Gasteiger charge is 2.26. The molecule has 0 spiro atoms. The number of hydrogen-bond donors (Lipinski definition) is 3. The number of rotatable bonds is 7. The summed E-state index contributed by atoms with van der Waals surface area (Å²) in [6.07, 6.45) is 0. The quantitative estimate of drug-likeness (QED) is 0.648. The number of carbonyl (C=O) groups is 2. The first-order chi connectivity index (χ1) is 9.30. The van der Waals surface area contributed by atoms with Crippen LogP contribution in [0.1, 0.15) is 19.4 Å². The first-order valence-corrected chi connectivity index (χ1v) is 6.31. The van der Waals surface area contributed by atoms with Crippen molar-refractivity contribution in [3.8, 4) is 0 Å². The van der Waals surface area contributed by atoms with E-state index in [1.807, 2.05) is 30.3 Å². The van der Waals surface area contributed by atoms with E-state index in [1.54, 1.807) is 13.8 Å². The van der Waals surface area contributed by atoms with Gasteiger partial charge in [0.1, 0.15) is 6.04 Å². The van der Waals surface area contributed by atoms with E-state index in [-0.39, 0.29) is 6.61 Å². The molecule has 0 unspecified atom stereocenters. The summed E-state index contributed by atoms with van der Waals surface area (Å²) >= 11 is 0. The van der Waals surface area contributed by atoms with Crippen LogP contribution in [0.3, 0.4) is 0 Å². The maximum absolute atomic E-state index is 11.7. The summed E-state index contributed by atoms with van der Waals surface area (Å²) in [5, 5.41) is 2.48. The molecule has 0 aliphatic rings. The van der Waals surface area contributed by atoms with E-state index in [0.717, 1.165) is 5.56 Å². The Morgan fingerprint density at radius 2 is 1.90 bits per heavy atom. The fourth-order valence-electron chi connectivity index (χ4n) is 1.41. The van der Waals surface area contributed by atoms with Gasteiger partial charge in [-0.15, -0.1) is 0 Å². The second-order valence-corrected chi connectivity index (χ2v) is 5.15. The predicted molar refractivity (Wildman–Crippen MR) is 75.5 cm³/mol. The van der Waals surface area contributed by atoms with Crippen LogP contribution < -0.4 is 16.8 Å². The molecule has 0 aliphatic heterocycles. The molecular formula is C14H21N3O3. The van der Waals surface area contributed by atoms with E-state index in [0.29, 0.717) is 6.61 Å². The monoisotopic (exact) mass is 279 g/mol. The SMILES string of the molecule is CC(C)(N)C(=O)N[C@H](COCc1ccccc1)C(N)=O. The summed E-state index contributed by atoms with van der Waals surface area (Å²) in [5.41, 5.74) is 10.8. The van der Waals surface area contributed by atoms with Crippen LogP contribution >= 0.6 is 0 Å². The first-order valence-electron chi connectivity index (χ1n) is 6.31. The largest absolute Gasteiger partial charge is 0.374 e. The van der Waals surface area contributed by atoms with Crippen molar-refractivity contribution in [2.24, 2.45) is 11.5 Å². The average molecular weight is 279 g/mol. The number of amides is 2. The summed E-state index contributed by atoms with van der Waals surface area (Å²) in [6, 6.07) is 8.60. The minimum atomic E-state index is -1.08. The van der Waals surface area contributed by atoms with Crippen molar-refractivity contribution in [1.29, 1.82) is 0 Å².